The molecule has 0 spiro atoms. The van der Waals surface area contributed by atoms with E-state index in [1.165, 1.54) is 4.57 Å². The van der Waals surface area contributed by atoms with Gasteiger partial charge < -0.3 is 5.32 Å². The summed E-state index contributed by atoms with van der Waals surface area (Å²) in [5.74, 6) is 0.540. The molecule has 0 amide bonds. The summed E-state index contributed by atoms with van der Waals surface area (Å²) in [6.07, 6.45) is 0.907. The van der Waals surface area contributed by atoms with Gasteiger partial charge in [0.1, 0.15) is 0 Å². The summed E-state index contributed by atoms with van der Waals surface area (Å²) in [4.78, 5) is 30.9. The van der Waals surface area contributed by atoms with Gasteiger partial charge in [-0.2, -0.15) is 4.98 Å². The smallest absolute Gasteiger partial charge is 0.329 e. The average molecular weight is 348 g/mol. The predicted molar refractivity (Wildman–Crippen MR) is 94.9 cm³/mol. The predicted octanol–water partition coefficient (Wildman–Crippen LogP) is 1.95. The molecule has 2 aromatic heterocycles. The number of aromatic nitrogens is 4. The number of nitrogens with one attached hydrogen (secondary N) is 2. The Kier molecular flexibility index (Phi) is 4.44. The number of fused-ring (bicyclic) bond motifs is 1. The summed E-state index contributed by atoms with van der Waals surface area (Å²) >= 11 is 6.25. The van der Waals surface area contributed by atoms with Crippen LogP contribution in [-0.4, -0.2) is 25.6 Å². The first-order valence-electron chi connectivity index (χ1n) is 7.69. The molecule has 0 saturated carbocycles. The molecule has 0 radical (unpaired) electrons. The van der Waals surface area contributed by atoms with Crippen LogP contribution in [-0.2, 0) is 13.6 Å². The molecule has 0 aliphatic carbocycles. The molecule has 2 heterocycles. The first-order chi connectivity index (χ1) is 11.5. The maximum atomic E-state index is 12.3. The van der Waals surface area contributed by atoms with E-state index in [0.29, 0.717) is 35.2 Å². The largest absolute Gasteiger partial charge is 0.356 e. The van der Waals surface area contributed by atoms with Crippen LogP contribution in [0, 0.1) is 0 Å². The Hall–Kier alpha value is -2.54. The molecule has 24 heavy (non-hydrogen) atoms. The van der Waals surface area contributed by atoms with E-state index in [2.05, 4.69) is 15.3 Å². The lowest BCUT2D eigenvalue weighted by molar-refractivity contribution is 0.803. The van der Waals surface area contributed by atoms with Gasteiger partial charge in [0, 0.05) is 18.6 Å². The molecule has 8 heteroatoms. The molecule has 0 unspecified atom stereocenters. The highest BCUT2D eigenvalue weighted by Gasteiger charge is 2.17. The third-order valence-corrected chi connectivity index (χ3v) is 4.20. The van der Waals surface area contributed by atoms with Crippen molar-refractivity contribution in [2.75, 3.05) is 11.9 Å². The third-order valence-electron chi connectivity index (χ3n) is 3.83. The minimum absolute atomic E-state index is 0.342. The number of hydrogen-bond donors (Lipinski definition) is 2. The van der Waals surface area contributed by atoms with Gasteiger partial charge in [0.15, 0.2) is 11.2 Å². The number of rotatable bonds is 5. The van der Waals surface area contributed by atoms with Gasteiger partial charge in [0.05, 0.1) is 6.54 Å². The zero-order chi connectivity index (χ0) is 17.3. The number of anilines is 1. The second kappa shape index (κ2) is 6.52. The number of benzene rings is 1. The van der Waals surface area contributed by atoms with Gasteiger partial charge in [-0.1, -0.05) is 36.7 Å². The molecule has 3 aromatic rings. The molecule has 7 nitrogen and oxygen atoms in total. The SMILES string of the molecule is CCCNc1nc2c(c(=O)[nH]c(=O)n2C)n1Cc1ccccc1Cl. The Balaban J connectivity index is 2.23. The number of halogens is 1. The zero-order valence-electron chi connectivity index (χ0n) is 13.5. The Labute approximate surface area is 142 Å². The molecule has 0 aliphatic rings. The minimum atomic E-state index is -0.489. The topological polar surface area (TPSA) is 84.7 Å². The number of imidazole rings is 1. The molecule has 0 fully saturated rings. The van der Waals surface area contributed by atoms with Gasteiger partial charge in [-0.05, 0) is 18.1 Å². The van der Waals surface area contributed by atoms with Crippen LogP contribution >= 0.6 is 11.6 Å². The van der Waals surface area contributed by atoms with Crippen molar-refractivity contribution in [2.24, 2.45) is 7.05 Å². The first-order valence-corrected chi connectivity index (χ1v) is 8.07. The summed E-state index contributed by atoms with van der Waals surface area (Å²) in [6, 6.07) is 7.44. The Morgan fingerprint density at radius 1 is 1.29 bits per heavy atom. The normalized spacial score (nSPS) is 11.1. The fourth-order valence-electron chi connectivity index (χ4n) is 2.56. The third kappa shape index (κ3) is 2.82. The van der Waals surface area contributed by atoms with Gasteiger partial charge in [-0.3, -0.25) is 18.9 Å². The average Bonchev–Trinajstić information content (AvgIpc) is 2.92. The molecule has 126 valence electrons. The molecular formula is C16H18ClN5O2. The maximum absolute atomic E-state index is 12.3. The van der Waals surface area contributed by atoms with Crippen molar-refractivity contribution in [3.05, 3.63) is 55.7 Å². The molecule has 0 saturated heterocycles. The van der Waals surface area contributed by atoms with Crippen LogP contribution in [0.2, 0.25) is 5.02 Å². The van der Waals surface area contributed by atoms with Crippen molar-refractivity contribution in [1.29, 1.82) is 0 Å². The quantitative estimate of drug-likeness (QED) is 0.738. The fraction of sp³-hybridized carbons (Fsp3) is 0.312. The summed E-state index contributed by atoms with van der Waals surface area (Å²) in [5.41, 5.74) is 0.602. The second-order valence-corrected chi connectivity index (χ2v) is 5.94. The summed E-state index contributed by atoms with van der Waals surface area (Å²) in [6.45, 7) is 3.12. The number of H-pyrrole nitrogens is 1. The van der Waals surface area contributed by atoms with E-state index >= 15 is 0 Å². The van der Waals surface area contributed by atoms with Crippen LogP contribution < -0.4 is 16.6 Å². The van der Waals surface area contributed by atoms with E-state index < -0.39 is 11.2 Å². The Bertz CT molecular complexity index is 1000. The standard InChI is InChI=1S/C16H18ClN5O2/c1-3-8-18-15-19-13-12(14(23)20-16(24)21(13)2)22(15)9-10-6-4-5-7-11(10)17/h4-7H,3,8-9H2,1-2H3,(H,18,19)(H,20,23,24). The van der Waals surface area contributed by atoms with E-state index in [0.717, 1.165) is 12.0 Å². The second-order valence-electron chi connectivity index (χ2n) is 5.53. The lowest BCUT2D eigenvalue weighted by Crippen LogP contribution is -2.29. The van der Waals surface area contributed by atoms with Crippen LogP contribution in [0.1, 0.15) is 18.9 Å². The minimum Gasteiger partial charge on any atom is -0.356 e. The van der Waals surface area contributed by atoms with E-state index in [1.807, 2.05) is 25.1 Å². The molecule has 0 atom stereocenters. The summed E-state index contributed by atoms with van der Waals surface area (Å²) < 4.78 is 3.08. The first kappa shape index (κ1) is 16.3. The number of aromatic amines is 1. The van der Waals surface area contributed by atoms with Gasteiger partial charge >= 0.3 is 5.69 Å². The lowest BCUT2D eigenvalue weighted by atomic mass is 10.2. The summed E-state index contributed by atoms with van der Waals surface area (Å²) in [7, 11) is 1.58. The molecule has 1 aromatic carbocycles. The van der Waals surface area contributed by atoms with E-state index in [4.69, 9.17) is 11.6 Å². The Morgan fingerprint density at radius 3 is 2.75 bits per heavy atom. The van der Waals surface area contributed by atoms with Crippen molar-refractivity contribution in [3.8, 4) is 0 Å². The molecule has 0 aliphatic heterocycles. The van der Waals surface area contributed by atoms with Crippen LogP contribution in [0.5, 0.6) is 0 Å². The molecule has 2 N–H and O–H groups in total. The lowest BCUT2D eigenvalue weighted by Gasteiger charge is -2.11. The van der Waals surface area contributed by atoms with Crippen molar-refractivity contribution in [2.45, 2.75) is 19.9 Å². The van der Waals surface area contributed by atoms with Crippen LogP contribution in [0.3, 0.4) is 0 Å². The highest BCUT2D eigenvalue weighted by Crippen LogP contribution is 2.21. The highest BCUT2D eigenvalue weighted by molar-refractivity contribution is 6.31. The van der Waals surface area contributed by atoms with Gasteiger partial charge in [0.25, 0.3) is 5.56 Å². The van der Waals surface area contributed by atoms with Crippen LogP contribution in [0.25, 0.3) is 11.2 Å². The van der Waals surface area contributed by atoms with Gasteiger partial charge in [-0.15, -0.1) is 0 Å². The van der Waals surface area contributed by atoms with Crippen molar-refractivity contribution in [3.63, 3.8) is 0 Å². The number of nitrogens with zero attached hydrogens (tertiary/aromatic N) is 3. The molecule has 3 rings (SSSR count). The van der Waals surface area contributed by atoms with Crippen LogP contribution in [0.15, 0.2) is 33.9 Å². The Morgan fingerprint density at radius 2 is 2.04 bits per heavy atom. The fourth-order valence-corrected chi connectivity index (χ4v) is 2.75. The highest BCUT2D eigenvalue weighted by atomic mass is 35.5. The zero-order valence-corrected chi connectivity index (χ0v) is 14.2. The van der Waals surface area contributed by atoms with Crippen molar-refractivity contribution < 1.29 is 0 Å². The number of aryl methyl sites for hydroxylation is 1. The van der Waals surface area contributed by atoms with E-state index in [-0.39, 0.29) is 0 Å². The van der Waals surface area contributed by atoms with Crippen LogP contribution in [0.4, 0.5) is 5.95 Å². The van der Waals surface area contributed by atoms with Gasteiger partial charge in [-0.25, -0.2) is 4.79 Å². The number of hydrogen-bond acceptors (Lipinski definition) is 4. The van der Waals surface area contributed by atoms with E-state index in [9.17, 15) is 9.59 Å². The molecular weight excluding hydrogens is 330 g/mol. The van der Waals surface area contributed by atoms with E-state index in [1.54, 1.807) is 17.7 Å². The van der Waals surface area contributed by atoms with Gasteiger partial charge in [0.2, 0.25) is 5.95 Å². The van der Waals surface area contributed by atoms with Crippen molar-refractivity contribution >= 4 is 28.7 Å². The monoisotopic (exact) mass is 347 g/mol. The molecule has 0 bridgehead atoms. The van der Waals surface area contributed by atoms with Crippen molar-refractivity contribution in [1.82, 2.24) is 19.1 Å². The summed E-state index contributed by atoms with van der Waals surface area (Å²) in [5, 5.41) is 3.82. The maximum Gasteiger partial charge on any atom is 0.329 e.